The van der Waals surface area contributed by atoms with Crippen LogP contribution in [0.25, 0.3) is 0 Å². The van der Waals surface area contributed by atoms with Crippen LogP contribution in [0.4, 0.5) is 0 Å². The predicted octanol–water partition coefficient (Wildman–Crippen LogP) is 3.89. The van der Waals surface area contributed by atoms with Gasteiger partial charge in [-0.25, -0.2) is 0 Å². The van der Waals surface area contributed by atoms with Crippen LogP contribution in [0.2, 0.25) is 0 Å². The van der Waals surface area contributed by atoms with Gasteiger partial charge in [-0.05, 0) is 31.6 Å². The van der Waals surface area contributed by atoms with Crippen molar-refractivity contribution in [2.75, 3.05) is 0 Å². The molecule has 0 aromatic rings. The summed E-state index contributed by atoms with van der Waals surface area (Å²) in [5.74, 6) is 0.694. The second-order valence-electron chi connectivity index (χ2n) is 4.36. The third kappa shape index (κ3) is 7.14. The Bertz CT molecular complexity index is 131. The monoisotopic (exact) mass is 197 g/mol. The fourth-order valence-corrected chi connectivity index (χ4v) is 1.80. The van der Waals surface area contributed by atoms with Gasteiger partial charge in [-0.2, -0.15) is 0 Å². The fraction of sp³-hybridized carbons (Fsp3) is 0.846. The molecule has 14 heavy (non-hydrogen) atoms. The lowest BCUT2D eigenvalue weighted by molar-refractivity contribution is 0.390. The van der Waals surface area contributed by atoms with Gasteiger partial charge in [0.2, 0.25) is 0 Å². The van der Waals surface area contributed by atoms with Crippen molar-refractivity contribution in [3.05, 3.63) is 12.7 Å². The lowest BCUT2D eigenvalue weighted by Crippen LogP contribution is -2.27. The predicted molar refractivity (Wildman–Crippen MR) is 65.3 cm³/mol. The minimum atomic E-state index is 0.415. The van der Waals surface area contributed by atoms with Gasteiger partial charge in [-0.15, -0.1) is 6.58 Å². The van der Waals surface area contributed by atoms with Gasteiger partial charge in [0.15, 0.2) is 0 Å². The molecule has 84 valence electrons. The number of allylic oxidation sites excluding steroid dienone is 1. The lowest BCUT2D eigenvalue weighted by Gasteiger charge is -2.18. The van der Waals surface area contributed by atoms with E-state index in [-0.39, 0.29) is 0 Å². The Balaban J connectivity index is 3.33. The molecule has 2 N–H and O–H groups in total. The summed E-state index contributed by atoms with van der Waals surface area (Å²) in [6, 6.07) is 0.415. The zero-order valence-corrected chi connectivity index (χ0v) is 9.97. The van der Waals surface area contributed by atoms with Crippen LogP contribution in [0.3, 0.4) is 0 Å². The molecule has 0 spiro atoms. The summed E-state index contributed by atoms with van der Waals surface area (Å²) in [4.78, 5) is 0. The van der Waals surface area contributed by atoms with E-state index in [2.05, 4.69) is 20.4 Å². The van der Waals surface area contributed by atoms with Gasteiger partial charge >= 0.3 is 0 Å². The Morgan fingerprint density at radius 3 is 2.50 bits per heavy atom. The smallest absolute Gasteiger partial charge is 0.00645 e. The molecule has 1 nitrogen and oxygen atoms in total. The molecule has 0 saturated carbocycles. The first kappa shape index (κ1) is 13.7. The summed E-state index contributed by atoms with van der Waals surface area (Å²) in [5, 5.41) is 0. The molecule has 0 aromatic heterocycles. The van der Waals surface area contributed by atoms with Crippen LogP contribution < -0.4 is 5.73 Å². The van der Waals surface area contributed by atoms with E-state index in [0.717, 1.165) is 6.42 Å². The van der Waals surface area contributed by atoms with Crippen molar-refractivity contribution in [2.24, 2.45) is 11.7 Å². The van der Waals surface area contributed by atoms with Gasteiger partial charge in [-0.3, -0.25) is 0 Å². The van der Waals surface area contributed by atoms with Gasteiger partial charge in [0, 0.05) is 6.04 Å². The van der Waals surface area contributed by atoms with Crippen molar-refractivity contribution in [1.29, 1.82) is 0 Å². The van der Waals surface area contributed by atoms with Crippen LogP contribution in [-0.4, -0.2) is 6.04 Å². The maximum Gasteiger partial charge on any atom is 0.00645 e. The normalized spacial score (nSPS) is 15.1. The van der Waals surface area contributed by atoms with Crippen LogP contribution in [-0.2, 0) is 0 Å². The standard InChI is InChI=1S/C13H27N/c1-4-6-7-8-9-11-13(14)12(3)10-5-2/h4,12-13H,1,5-11,14H2,2-3H3. The first-order valence-electron chi connectivity index (χ1n) is 6.08. The summed E-state index contributed by atoms with van der Waals surface area (Å²) >= 11 is 0. The Morgan fingerprint density at radius 1 is 1.21 bits per heavy atom. The van der Waals surface area contributed by atoms with E-state index in [1.165, 1.54) is 38.5 Å². The van der Waals surface area contributed by atoms with E-state index < -0.39 is 0 Å². The number of nitrogens with two attached hydrogens (primary N) is 1. The second kappa shape index (κ2) is 9.26. The SMILES string of the molecule is C=CCCCCCC(N)C(C)CCC. The van der Waals surface area contributed by atoms with E-state index >= 15 is 0 Å². The number of hydrogen-bond acceptors (Lipinski definition) is 1. The summed E-state index contributed by atoms with van der Waals surface area (Å²) in [7, 11) is 0. The van der Waals surface area contributed by atoms with Gasteiger partial charge < -0.3 is 5.73 Å². The molecule has 0 amide bonds. The van der Waals surface area contributed by atoms with Crippen LogP contribution in [0.15, 0.2) is 12.7 Å². The molecule has 2 atom stereocenters. The van der Waals surface area contributed by atoms with E-state index in [1.807, 2.05) is 6.08 Å². The molecule has 0 aliphatic carbocycles. The highest BCUT2D eigenvalue weighted by atomic mass is 14.6. The summed E-state index contributed by atoms with van der Waals surface area (Å²) in [5.41, 5.74) is 6.10. The molecule has 0 saturated heterocycles. The van der Waals surface area contributed by atoms with Crippen molar-refractivity contribution in [2.45, 2.75) is 64.8 Å². The molecule has 0 heterocycles. The van der Waals surface area contributed by atoms with E-state index in [1.54, 1.807) is 0 Å². The van der Waals surface area contributed by atoms with Crippen molar-refractivity contribution in [1.82, 2.24) is 0 Å². The van der Waals surface area contributed by atoms with Crippen molar-refractivity contribution in [3.8, 4) is 0 Å². The highest BCUT2D eigenvalue weighted by molar-refractivity contribution is 4.70. The summed E-state index contributed by atoms with van der Waals surface area (Å²) < 4.78 is 0. The third-order valence-electron chi connectivity index (χ3n) is 2.92. The molecule has 0 rings (SSSR count). The minimum Gasteiger partial charge on any atom is -0.327 e. The molecule has 2 unspecified atom stereocenters. The zero-order valence-electron chi connectivity index (χ0n) is 9.97. The number of hydrogen-bond donors (Lipinski definition) is 1. The average Bonchev–Trinajstić information content (AvgIpc) is 2.17. The van der Waals surface area contributed by atoms with Crippen molar-refractivity contribution in [3.63, 3.8) is 0 Å². The Hall–Kier alpha value is -0.300. The topological polar surface area (TPSA) is 26.0 Å². The van der Waals surface area contributed by atoms with Crippen LogP contribution in [0, 0.1) is 5.92 Å². The summed E-state index contributed by atoms with van der Waals surface area (Å²) in [6.45, 7) is 8.23. The minimum absolute atomic E-state index is 0.415. The molecular formula is C13H27N. The van der Waals surface area contributed by atoms with Crippen LogP contribution in [0.1, 0.15) is 58.8 Å². The Morgan fingerprint density at radius 2 is 1.93 bits per heavy atom. The molecular weight excluding hydrogens is 170 g/mol. The fourth-order valence-electron chi connectivity index (χ4n) is 1.80. The lowest BCUT2D eigenvalue weighted by atomic mass is 9.93. The van der Waals surface area contributed by atoms with Gasteiger partial charge in [0.05, 0.1) is 0 Å². The van der Waals surface area contributed by atoms with E-state index in [9.17, 15) is 0 Å². The van der Waals surface area contributed by atoms with E-state index in [0.29, 0.717) is 12.0 Å². The number of unbranched alkanes of at least 4 members (excludes halogenated alkanes) is 3. The second-order valence-corrected chi connectivity index (χ2v) is 4.36. The maximum atomic E-state index is 6.10. The first-order chi connectivity index (χ1) is 6.72. The third-order valence-corrected chi connectivity index (χ3v) is 2.92. The van der Waals surface area contributed by atoms with Gasteiger partial charge in [0.1, 0.15) is 0 Å². The largest absolute Gasteiger partial charge is 0.327 e. The Labute approximate surface area is 89.8 Å². The molecule has 0 aliphatic heterocycles. The highest BCUT2D eigenvalue weighted by Crippen LogP contribution is 2.14. The molecule has 0 bridgehead atoms. The average molecular weight is 197 g/mol. The number of rotatable bonds is 9. The Kier molecular flexibility index (Phi) is 9.06. The van der Waals surface area contributed by atoms with Crippen LogP contribution >= 0.6 is 0 Å². The zero-order chi connectivity index (χ0) is 10.8. The van der Waals surface area contributed by atoms with Crippen molar-refractivity contribution < 1.29 is 0 Å². The maximum absolute atomic E-state index is 6.10. The van der Waals surface area contributed by atoms with Crippen LogP contribution in [0.5, 0.6) is 0 Å². The van der Waals surface area contributed by atoms with Gasteiger partial charge in [-0.1, -0.05) is 39.2 Å². The van der Waals surface area contributed by atoms with Gasteiger partial charge in [0.25, 0.3) is 0 Å². The molecule has 1 heteroatoms. The highest BCUT2D eigenvalue weighted by Gasteiger charge is 2.10. The first-order valence-corrected chi connectivity index (χ1v) is 6.08. The van der Waals surface area contributed by atoms with E-state index in [4.69, 9.17) is 5.73 Å². The van der Waals surface area contributed by atoms with Crippen molar-refractivity contribution >= 4 is 0 Å². The molecule has 0 aromatic carbocycles. The molecule has 0 fully saturated rings. The quantitative estimate of drug-likeness (QED) is 0.440. The summed E-state index contributed by atoms with van der Waals surface area (Å²) in [6.07, 6.45) is 10.7. The molecule has 0 aliphatic rings. The molecule has 0 radical (unpaired) electrons.